The van der Waals surface area contributed by atoms with Crippen LogP contribution in [0.4, 0.5) is 0 Å². The second-order valence-corrected chi connectivity index (χ2v) is 5.04. The second kappa shape index (κ2) is 6.36. The molecule has 0 fully saturated rings. The molecule has 0 aliphatic carbocycles. The monoisotopic (exact) mass is 244 g/mol. The number of carbonyl (C=O) groups is 1. The number of aryl methyl sites for hydroxylation is 1. The van der Waals surface area contributed by atoms with Crippen molar-refractivity contribution in [3.63, 3.8) is 0 Å². The van der Waals surface area contributed by atoms with E-state index in [4.69, 9.17) is 0 Å². The van der Waals surface area contributed by atoms with Crippen molar-refractivity contribution in [2.24, 2.45) is 0 Å². The van der Waals surface area contributed by atoms with E-state index in [-0.39, 0.29) is 5.78 Å². The Bertz CT molecular complexity index is 445. The number of carbonyl (C=O) groups excluding carboxylic acids is 1. The first-order chi connectivity index (χ1) is 8.36. The minimum Gasteiger partial charge on any atom is -0.293 e. The number of unbranched alkanes of at least 4 members (excludes halogenated alkanes) is 1. The summed E-state index contributed by atoms with van der Waals surface area (Å²) in [6.45, 7) is 0. The molecule has 0 saturated heterocycles. The summed E-state index contributed by atoms with van der Waals surface area (Å²) < 4.78 is 0. The summed E-state index contributed by atoms with van der Waals surface area (Å²) in [6.07, 6.45) is 3.80. The second-order valence-electron chi connectivity index (χ2n) is 4.09. The van der Waals surface area contributed by atoms with Crippen molar-refractivity contribution in [1.29, 1.82) is 0 Å². The SMILES string of the molecule is O=C(CCCCc1ccccc1)c1cccs1. The van der Waals surface area contributed by atoms with Gasteiger partial charge >= 0.3 is 0 Å². The van der Waals surface area contributed by atoms with Gasteiger partial charge in [-0.05, 0) is 36.3 Å². The number of hydrogen-bond acceptors (Lipinski definition) is 2. The van der Waals surface area contributed by atoms with Gasteiger partial charge in [-0.1, -0.05) is 36.4 Å². The van der Waals surface area contributed by atoms with Gasteiger partial charge in [0.15, 0.2) is 5.78 Å². The fraction of sp³-hybridized carbons (Fsp3) is 0.267. The largest absolute Gasteiger partial charge is 0.293 e. The van der Waals surface area contributed by atoms with Crippen molar-refractivity contribution >= 4 is 17.1 Å². The van der Waals surface area contributed by atoms with Crippen LogP contribution in [0.3, 0.4) is 0 Å². The lowest BCUT2D eigenvalue weighted by molar-refractivity contribution is 0.0983. The zero-order valence-corrected chi connectivity index (χ0v) is 10.6. The van der Waals surface area contributed by atoms with E-state index in [0.717, 1.165) is 24.1 Å². The molecular formula is C15H16OS. The summed E-state index contributed by atoms with van der Waals surface area (Å²) in [5, 5.41) is 1.96. The predicted molar refractivity (Wildman–Crippen MR) is 72.6 cm³/mol. The Morgan fingerprint density at radius 2 is 1.82 bits per heavy atom. The Labute approximate surface area is 106 Å². The molecule has 88 valence electrons. The molecule has 0 spiro atoms. The molecule has 0 amide bonds. The van der Waals surface area contributed by atoms with Gasteiger partial charge in [-0.2, -0.15) is 0 Å². The number of thiophene rings is 1. The van der Waals surface area contributed by atoms with Crippen LogP contribution in [0.1, 0.15) is 34.5 Å². The number of hydrogen-bond donors (Lipinski definition) is 0. The minimum atomic E-state index is 0.285. The maximum Gasteiger partial charge on any atom is 0.172 e. The average molecular weight is 244 g/mol. The standard InChI is InChI=1S/C15H16OS/c16-14(15-11-6-12-17-15)10-5-4-9-13-7-2-1-3-8-13/h1-3,6-8,11-12H,4-5,9-10H2. The summed E-state index contributed by atoms with van der Waals surface area (Å²) in [4.78, 5) is 12.6. The molecule has 0 saturated carbocycles. The molecule has 2 rings (SSSR count). The highest BCUT2D eigenvalue weighted by Crippen LogP contribution is 2.14. The van der Waals surface area contributed by atoms with E-state index in [2.05, 4.69) is 24.3 Å². The van der Waals surface area contributed by atoms with Gasteiger partial charge in [-0.25, -0.2) is 0 Å². The van der Waals surface area contributed by atoms with Gasteiger partial charge < -0.3 is 0 Å². The third-order valence-electron chi connectivity index (χ3n) is 2.76. The molecule has 0 bridgehead atoms. The van der Waals surface area contributed by atoms with Crippen LogP contribution < -0.4 is 0 Å². The molecule has 0 unspecified atom stereocenters. The molecule has 0 atom stereocenters. The van der Waals surface area contributed by atoms with E-state index < -0.39 is 0 Å². The topological polar surface area (TPSA) is 17.1 Å². The van der Waals surface area contributed by atoms with Gasteiger partial charge in [0.25, 0.3) is 0 Å². The highest BCUT2D eigenvalue weighted by molar-refractivity contribution is 7.12. The van der Waals surface area contributed by atoms with Gasteiger partial charge in [-0.15, -0.1) is 11.3 Å². The van der Waals surface area contributed by atoms with Crippen LogP contribution in [0, 0.1) is 0 Å². The molecule has 1 aromatic heterocycles. The third-order valence-corrected chi connectivity index (χ3v) is 3.67. The van der Waals surface area contributed by atoms with E-state index in [0.29, 0.717) is 6.42 Å². The van der Waals surface area contributed by atoms with Crippen molar-refractivity contribution in [1.82, 2.24) is 0 Å². The molecule has 1 heterocycles. The highest BCUT2D eigenvalue weighted by Gasteiger charge is 2.05. The maximum absolute atomic E-state index is 11.7. The lowest BCUT2D eigenvalue weighted by Gasteiger charge is -2.00. The smallest absolute Gasteiger partial charge is 0.172 e. The van der Waals surface area contributed by atoms with Crippen LogP contribution in [0.2, 0.25) is 0 Å². The van der Waals surface area contributed by atoms with Gasteiger partial charge in [0.05, 0.1) is 4.88 Å². The van der Waals surface area contributed by atoms with Crippen LogP contribution >= 0.6 is 11.3 Å². The zero-order chi connectivity index (χ0) is 11.9. The normalized spacial score (nSPS) is 10.4. The van der Waals surface area contributed by atoms with E-state index >= 15 is 0 Å². The third kappa shape index (κ3) is 3.82. The Balaban J connectivity index is 1.69. The summed E-state index contributed by atoms with van der Waals surface area (Å²) in [7, 11) is 0. The van der Waals surface area contributed by atoms with Crippen molar-refractivity contribution in [2.45, 2.75) is 25.7 Å². The Morgan fingerprint density at radius 1 is 1.00 bits per heavy atom. The fourth-order valence-corrected chi connectivity index (χ4v) is 2.51. The molecule has 2 aromatic rings. The minimum absolute atomic E-state index is 0.285. The quantitative estimate of drug-likeness (QED) is 0.545. The van der Waals surface area contributed by atoms with Crippen molar-refractivity contribution < 1.29 is 4.79 Å². The van der Waals surface area contributed by atoms with Gasteiger partial charge in [0.2, 0.25) is 0 Å². The van der Waals surface area contributed by atoms with E-state index in [9.17, 15) is 4.79 Å². The molecule has 17 heavy (non-hydrogen) atoms. The lowest BCUT2D eigenvalue weighted by atomic mass is 10.1. The van der Waals surface area contributed by atoms with Crippen LogP contribution in [0.15, 0.2) is 47.8 Å². The molecule has 0 N–H and O–H groups in total. The van der Waals surface area contributed by atoms with Crippen LogP contribution in [0.5, 0.6) is 0 Å². The van der Waals surface area contributed by atoms with E-state index in [1.807, 2.05) is 23.6 Å². The van der Waals surface area contributed by atoms with Gasteiger partial charge in [0.1, 0.15) is 0 Å². The van der Waals surface area contributed by atoms with Crippen molar-refractivity contribution in [3.8, 4) is 0 Å². The van der Waals surface area contributed by atoms with Crippen LogP contribution in [-0.4, -0.2) is 5.78 Å². The summed E-state index contributed by atoms with van der Waals surface area (Å²) >= 11 is 1.54. The van der Waals surface area contributed by atoms with Crippen molar-refractivity contribution in [3.05, 3.63) is 58.3 Å². The zero-order valence-electron chi connectivity index (χ0n) is 9.76. The van der Waals surface area contributed by atoms with Crippen LogP contribution in [0.25, 0.3) is 0 Å². The summed E-state index contributed by atoms with van der Waals surface area (Å²) in [6, 6.07) is 14.3. The summed E-state index contributed by atoms with van der Waals surface area (Å²) in [5.41, 5.74) is 1.36. The first kappa shape index (κ1) is 12.1. The molecule has 0 aliphatic heterocycles. The molecule has 1 aromatic carbocycles. The molecule has 1 nitrogen and oxygen atoms in total. The predicted octanol–water partition coefficient (Wildman–Crippen LogP) is 4.34. The molecule has 0 aliphatic rings. The van der Waals surface area contributed by atoms with E-state index in [1.165, 1.54) is 16.9 Å². The average Bonchev–Trinajstić information content (AvgIpc) is 2.89. The number of Topliss-reactive ketones (excluding diaryl/α,β-unsaturated/α-hetero) is 1. The number of rotatable bonds is 6. The Hall–Kier alpha value is -1.41. The summed E-state index contributed by atoms with van der Waals surface area (Å²) in [5.74, 6) is 0.285. The van der Waals surface area contributed by atoms with E-state index in [1.54, 1.807) is 0 Å². The fourth-order valence-electron chi connectivity index (χ4n) is 1.82. The number of ketones is 1. The lowest BCUT2D eigenvalue weighted by Crippen LogP contribution is -1.96. The highest BCUT2D eigenvalue weighted by atomic mass is 32.1. The van der Waals surface area contributed by atoms with Crippen LogP contribution in [-0.2, 0) is 6.42 Å². The molecule has 0 radical (unpaired) electrons. The Kier molecular flexibility index (Phi) is 4.51. The molecule has 2 heteroatoms. The molecular weight excluding hydrogens is 228 g/mol. The maximum atomic E-state index is 11.7. The van der Waals surface area contributed by atoms with Gasteiger partial charge in [0, 0.05) is 6.42 Å². The first-order valence-electron chi connectivity index (χ1n) is 5.97. The Morgan fingerprint density at radius 3 is 2.53 bits per heavy atom. The van der Waals surface area contributed by atoms with Gasteiger partial charge in [-0.3, -0.25) is 4.79 Å². The number of benzene rings is 1. The van der Waals surface area contributed by atoms with Crippen molar-refractivity contribution in [2.75, 3.05) is 0 Å². The first-order valence-corrected chi connectivity index (χ1v) is 6.85.